The van der Waals surface area contributed by atoms with E-state index in [0.29, 0.717) is 6.61 Å². The van der Waals surface area contributed by atoms with Gasteiger partial charge in [-0.2, -0.15) is 0 Å². The number of nitrogens with zero attached hydrogens (tertiary/aromatic N) is 1. The zero-order valence-corrected chi connectivity index (χ0v) is 13.2. The summed E-state index contributed by atoms with van der Waals surface area (Å²) in [6, 6.07) is 12.2. The van der Waals surface area contributed by atoms with Crippen LogP contribution >= 0.6 is 11.9 Å². The van der Waals surface area contributed by atoms with Crippen molar-refractivity contribution in [3.05, 3.63) is 54.4 Å². The molecule has 1 saturated heterocycles. The number of pyridine rings is 1. The van der Waals surface area contributed by atoms with Crippen molar-refractivity contribution in [2.75, 3.05) is 13.2 Å². The van der Waals surface area contributed by atoms with Gasteiger partial charge in [0.15, 0.2) is 0 Å². The quantitative estimate of drug-likeness (QED) is 0.793. The molecule has 1 unspecified atom stereocenters. The minimum absolute atomic E-state index is 0.260. The minimum Gasteiger partial charge on any atom is -0.491 e. The molecule has 0 spiro atoms. The van der Waals surface area contributed by atoms with Gasteiger partial charge in [0.2, 0.25) is 0 Å². The van der Waals surface area contributed by atoms with Crippen LogP contribution in [0.4, 0.5) is 0 Å². The summed E-state index contributed by atoms with van der Waals surface area (Å²) in [5.74, 6) is 0.897. The Kier molecular flexibility index (Phi) is 5.70. The molecule has 0 bridgehead atoms. The number of rotatable bonds is 7. The van der Waals surface area contributed by atoms with E-state index in [1.54, 1.807) is 11.9 Å². The van der Waals surface area contributed by atoms with Crippen LogP contribution in [-0.4, -0.2) is 24.3 Å². The van der Waals surface area contributed by atoms with Crippen molar-refractivity contribution in [3.8, 4) is 5.75 Å². The molecular weight excluding hydrogens is 296 g/mol. The monoisotopic (exact) mass is 316 g/mol. The average Bonchev–Trinajstić information content (AvgIpc) is 3.09. The van der Waals surface area contributed by atoms with E-state index in [1.807, 2.05) is 36.7 Å². The van der Waals surface area contributed by atoms with Crippen molar-refractivity contribution in [3.63, 3.8) is 0 Å². The normalized spacial score (nSPS) is 17.5. The first-order valence-electron chi connectivity index (χ1n) is 7.53. The Morgan fingerprint density at radius 1 is 1.18 bits per heavy atom. The van der Waals surface area contributed by atoms with Gasteiger partial charge in [-0.05, 0) is 66.8 Å². The number of hydrogen-bond acceptors (Lipinski definition) is 5. The third-order valence-corrected chi connectivity index (χ3v) is 4.30. The zero-order valence-electron chi connectivity index (χ0n) is 12.4. The first kappa shape index (κ1) is 15.3. The van der Waals surface area contributed by atoms with E-state index in [0.717, 1.165) is 31.7 Å². The number of benzene rings is 1. The van der Waals surface area contributed by atoms with E-state index in [-0.39, 0.29) is 6.10 Å². The van der Waals surface area contributed by atoms with Gasteiger partial charge in [0, 0.05) is 30.4 Å². The Labute approximate surface area is 135 Å². The zero-order chi connectivity index (χ0) is 15.0. The first-order chi connectivity index (χ1) is 10.9. The smallest absolute Gasteiger partial charge is 0.119 e. The van der Waals surface area contributed by atoms with Crippen LogP contribution < -0.4 is 9.46 Å². The molecule has 22 heavy (non-hydrogen) atoms. The summed E-state index contributed by atoms with van der Waals surface area (Å²) >= 11 is 1.62. The second-order valence-electron chi connectivity index (χ2n) is 5.20. The van der Waals surface area contributed by atoms with E-state index in [9.17, 15) is 0 Å². The number of nitrogens with one attached hydrogen (secondary N) is 1. The predicted octanol–water partition coefficient (Wildman–Crippen LogP) is 3.44. The molecule has 1 atom stereocenters. The molecule has 1 fully saturated rings. The summed E-state index contributed by atoms with van der Waals surface area (Å²) in [4.78, 5) is 5.18. The maximum Gasteiger partial charge on any atom is 0.119 e. The molecule has 3 rings (SSSR count). The Balaban J connectivity index is 1.41. The molecule has 0 amide bonds. The fourth-order valence-corrected chi connectivity index (χ4v) is 2.95. The predicted molar refractivity (Wildman–Crippen MR) is 87.8 cm³/mol. The van der Waals surface area contributed by atoms with Crippen molar-refractivity contribution in [2.45, 2.75) is 30.4 Å². The van der Waals surface area contributed by atoms with Crippen molar-refractivity contribution in [1.29, 1.82) is 0 Å². The van der Waals surface area contributed by atoms with E-state index < -0.39 is 0 Å². The molecule has 1 aliphatic heterocycles. The van der Waals surface area contributed by atoms with Gasteiger partial charge in [-0.15, -0.1) is 0 Å². The Morgan fingerprint density at radius 3 is 2.73 bits per heavy atom. The summed E-state index contributed by atoms with van der Waals surface area (Å²) in [5, 5.41) is 0. The van der Waals surface area contributed by atoms with E-state index >= 15 is 0 Å². The van der Waals surface area contributed by atoms with Gasteiger partial charge in [0.05, 0.1) is 6.10 Å². The van der Waals surface area contributed by atoms with Crippen molar-refractivity contribution in [1.82, 2.24) is 9.71 Å². The highest BCUT2D eigenvalue weighted by molar-refractivity contribution is 7.97. The molecule has 1 aromatic heterocycles. The van der Waals surface area contributed by atoms with Crippen LogP contribution in [0.15, 0.2) is 53.7 Å². The van der Waals surface area contributed by atoms with Crippen LogP contribution in [0.25, 0.3) is 0 Å². The number of hydrogen-bond donors (Lipinski definition) is 1. The lowest BCUT2D eigenvalue weighted by molar-refractivity contribution is 0.0679. The first-order valence-corrected chi connectivity index (χ1v) is 8.35. The molecule has 2 heterocycles. The fraction of sp³-hybridized carbons (Fsp3) is 0.353. The molecule has 1 aliphatic rings. The molecule has 0 aliphatic carbocycles. The van der Waals surface area contributed by atoms with Crippen LogP contribution in [0.3, 0.4) is 0 Å². The highest BCUT2D eigenvalue weighted by Crippen LogP contribution is 2.21. The van der Waals surface area contributed by atoms with Crippen molar-refractivity contribution >= 4 is 11.9 Å². The average molecular weight is 316 g/mol. The Morgan fingerprint density at radius 2 is 2.00 bits per heavy atom. The Hall–Kier alpha value is -1.56. The maximum absolute atomic E-state index is 5.76. The van der Waals surface area contributed by atoms with Crippen LogP contribution in [0, 0.1) is 0 Å². The lowest BCUT2D eigenvalue weighted by Crippen LogP contribution is -2.16. The topological polar surface area (TPSA) is 43.4 Å². The van der Waals surface area contributed by atoms with Crippen LogP contribution in [0.2, 0.25) is 0 Å². The molecule has 1 aromatic carbocycles. The summed E-state index contributed by atoms with van der Waals surface area (Å²) in [5.41, 5.74) is 1.22. The second-order valence-corrected chi connectivity index (χ2v) is 6.16. The summed E-state index contributed by atoms with van der Waals surface area (Å²) < 4.78 is 14.6. The van der Waals surface area contributed by atoms with Gasteiger partial charge in [-0.3, -0.25) is 9.71 Å². The third-order valence-electron chi connectivity index (χ3n) is 3.50. The highest BCUT2D eigenvalue weighted by atomic mass is 32.2. The summed E-state index contributed by atoms with van der Waals surface area (Å²) in [6.07, 6.45) is 6.12. The number of ether oxygens (including phenoxy) is 2. The number of aromatic nitrogens is 1. The molecule has 1 N–H and O–H groups in total. The van der Waals surface area contributed by atoms with Gasteiger partial charge in [-0.25, -0.2) is 0 Å². The molecule has 4 nitrogen and oxygen atoms in total. The van der Waals surface area contributed by atoms with E-state index in [4.69, 9.17) is 9.47 Å². The Bertz CT molecular complexity index is 557. The van der Waals surface area contributed by atoms with E-state index in [1.165, 1.54) is 10.5 Å². The fourth-order valence-electron chi connectivity index (χ4n) is 2.27. The molecule has 2 aromatic rings. The minimum atomic E-state index is 0.260. The molecule has 0 saturated carbocycles. The standard InChI is InChI=1S/C17H20N2O2S/c1-2-16(20-11-1)13-21-15-3-5-17(6-4-15)22-19-12-14-7-9-18-10-8-14/h3-10,16,19H,1-2,11-13H2. The van der Waals surface area contributed by atoms with Crippen LogP contribution in [0.1, 0.15) is 18.4 Å². The largest absolute Gasteiger partial charge is 0.491 e. The molecule has 5 heteroatoms. The second kappa shape index (κ2) is 8.17. The molecular formula is C17H20N2O2S. The molecule has 116 valence electrons. The van der Waals surface area contributed by atoms with Crippen molar-refractivity contribution < 1.29 is 9.47 Å². The summed E-state index contributed by atoms with van der Waals surface area (Å²) in [7, 11) is 0. The third kappa shape index (κ3) is 4.73. The van der Waals surface area contributed by atoms with Gasteiger partial charge < -0.3 is 9.47 Å². The van der Waals surface area contributed by atoms with Crippen LogP contribution in [-0.2, 0) is 11.3 Å². The summed E-state index contributed by atoms with van der Waals surface area (Å²) in [6.45, 7) is 2.32. The van der Waals surface area contributed by atoms with Gasteiger partial charge >= 0.3 is 0 Å². The van der Waals surface area contributed by atoms with E-state index in [2.05, 4.69) is 21.8 Å². The lowest BCUT2D eigenvalue weighted by atomic mass is 10.2. The van der Waals surface area contributed by atoms with Gasteiger partial charge in [0.1, 0.15) is 12.4 Å². The maximum atomic E-state index is 5.76. The SMILES string of the molecule is c1cc(CNSc2ccc(OCC3CCCO3)cc2)ccn1. The lowest BCUT2D eigenvalue weighted by Gasteiger charge is -2.11. The molecule has 0 radical (unpaired) electrons. The van der Waals surface area contributed by atoms with Crippen LogP contribution in [0.5, 0.6) is 5.75 Å². The highest BCUT2D eigenvalue weighted by Gasteiger charge is 2.15. The van der Waals surface area contributed by atoms with Crippen molar-refractivity contribution in [2.24, 2.45) is 0 Å². The van der Waals surface area contributed by atoms with Gasteiger partial charge in [-0.1, -0.05) is 0 Å². The van der Waals surface area contributed by atoms with Gasteiger partial charge in [0.25, 0.3) is 0 Å².